The highest BCUT2D eigenvalue weighted by atomic mass is 19.1. The molecule has 0 radical (unpaired) electrons. The van der Waals surface area contributed by atoms with Crippen LogP contribution in [0.15, 0.2) is 18.3 Å². The molecule has 5 nitrogen and oxygen atoms in total. The van der Waals surface area contributed by atoms with Gasteiger partial charge in [0.15, 0.2) is 0 Å². The van der Waals surface area contributed by atoms with Gasteiger partial charge in [0.1, 0.15) is 11.4 Å². The molecular weight excluding hydrogens is 285 g/mol. The van der Waals surface area contributed by atoms with Gasteiger partial charge in [0, 0.05) is 18.6 Å². The second-order valence-electron chi connectivity index (χ2n) is 6.31. The Balaban J connectivity index is 2.47. The standard InChI is InChI=1S/C16H26FN3O2/c1-6-13(14-8-7-12(17)10-18-14)20-11(2)9-19-15(21)22-16(3,4)5/h7-8,10-11,13,20H,6,9H2,1-5H3,(H,19,21). The molecule has 0 bridgehead atoms. The number of aromatic nitrogens is 1. The summed E-state index contributed by atoms with van der Waals surface area (Å²) in [7, 11) is 0. The summed E-state index contributed by atoms with van der Waals surface area (Å²) < 4.78 is 18.1. The maximum atomic E-state index is 12.9. The molecule has 1 amide bonds. The molecule has 0 aliphatic carbocycles. The number of nitrogens with zero attached hydrogens (tertiary/aromatic N) is 1. The molecule has 1 aromatic heterocycles. The maximum absolute atomic E-state index is 12.9. The van der Waals surface area contributed by atoms with Gasteiger partial charge in [0.25, 0.3) is 0 Å². The predicted molar refractivity (Wildman–Crippen MR) is 84.1 cm³/mol. The second-order valence-corrected chi connectivity index (χ2v) is 6.31. The summed E-state index contributed by atoms with van der Waals surface area (Å²) >= 11 is 0. The van der Waals surface area contributed by atoms with Gasteiger partial charge in [0.2, 0.25) is 0 Å². The minimum absolute atomic E-state index is 0.0102. The second kappa shape index (κ2) is 8.08. The van der Waals surface area contributed by atoms with Gasteiger partial charge in [-0.1, -0.05) is 6.92 Å². The number of pyridine rings is 1. The number of hydrogen-bond donors (Lipinski definition) is 2. The Bertz CT molecular complexity index is 471. The molecule has 2 unspecified atom stereocenters. The quantitative estimate of drug-likeness (QED) is 0.847. The average Bonchev–Trinajstić information content (AvgIpc) is 2.42. The predicted octanol–water partition coefficient (Wildman–Crippen LogP) is 3.17. The van der Waals surface area contributed by atoms with E-state index in [1.54, 1.807) is 6.07 Å². The molecule has 0 spiro atoms. The summed E-state index contributed by atoms with van der Waals surface area (Å²) in [4.78, 5) is 15.7. The van der Waals surface area contributed by atoms with E-state index in [1.807, 2.05) is 34.6 Å². The third-order valence-electron chi connectivity index (χ3n) is 2.95. The molecule has 1 heterocycles. The van der Waals surface area contributed by atoms with E-state index in [0.29, 0.717) is 6.54 Å². The van der Waals surface area contributed by atoms with Gasteiger partial charge >= 0.3 is 6.09 Å². The van der Waals surface area contributed by atoms with Crippen LogP contribution < -0.4 is 10.6 Å². The summed E-state index contributed by atoms with van der Waals surface area (Å²) in [5, 5.41) is 6.09. The van der Waals surface area contributed by atoms with Gasteiger partial charge in [-0.15, -0.1) is 0 Å². The molecular formula is C16H26FN3O2. The summed E-state index contributed by atoms with van der Waals surface area (Å²) in [6.45, 7) is 9.89. The topological polar surface area (TPSA) is 63.2 Å². The molecule has 1 aromatic rings. The first-order valence-electron chi connectivity index (χ1n) is 7.55. The third-order valence-corrected chi connectivity index (χ3v) is 2.95. The van der Waals surface area contributed by atoms with Crippen LogP contribution >= 0.6 is 0 Å². The minimum Gasteiger partial charge on any atom is -0.444 e. The highest BCUT2D eigenvalue weighted by Crippen LogP contribution is 2.15. The largest absolute Gasteiger partial charge is 0.444 e. The summed E-state index contributed by atoms with van der Waals surface area (Å²) in [6.07, 6.45) is 1.59. The molecule has 0 saturated carbocycles. The minimum atomic E-state index is -0.509. The fourth-order valence-corrected chi connectivity index (χ4v) is 1.96. The zero-order valence-corrected chi connectivity index (χ0v) is 13.9. The van der Waals surface area contributed by atoms with Crippen molar-refractivity contribution in [3.8, 4) is 0 Å². The number of ether oxygens (including phenoxy) is 1. The number of nitrogens with one attached hydrogen (secondary N) is 2. The first-order chi connectivity index (χ1) is 10.2. The third kappa shape index (κ3) is 6.85. The lowest BCUT2D eigenvalue weighted by Gasteiger charge is -2.24. The van der Waals surface area contributed by atoms with Gasteiger partial charge in [-0.05, 0) is 46.2 Å². The number of rotatable bonds is 6. The highest BCUT2D eigenvalue weighted by molar-refractivity contribution is 5.67. The van der Waals surface area contributed by atoms with Crippen molar-refractivity contribution in [1.82, 2.24) is 15.6 Å². The maximum Gasteiger partial charge on any atom is 0.407 e. The van der Waals surface area contributed by atoms with Crippen LogP contribution in [0.4, 0.5) is 9.18 Å². The molecule has 1 rings (SSSR count). The summed E-state index contributed by atoms with van der Waals surface area (Å²) in [5.74, 6) is -0.349. The molecule has 0 aromatic carbocycles. The normalized spacial score (nSPS) is 14.3. The van der Waals surface area contributed by atoms with Crippen LogP contribution in [-0.4, -0.2) is 29.3 Å². The molecule has 0 fully saturated rings. The Kier molecular flexibility index (Phi) is 6.74. The van der Waals surface area contributed by atoms with Crippen LogP contribution in [0.2, 0.25) is 0 Å². The Morgan fingerprint density at radius 1 is 1.41 bits per heavy atom. The molecule has 2 N–H and O–H groups in total. The molecule has 0 aliphatic rings. The number of halogens is 1. The number of carbonyl (C=O) groups excluding carboxylic acids is 1. The van der Waals surface area contributed by atoms with Crippen molar-refractivity contribution < 1.29 is 13.9 Å². The van der Waals surface area contributed by atoms with Crippen LogP contribution in [0.5, 0.6) is 0 Å². The first kappa shape index (κ1) is 18.4. The van der Waals surface area contributed by atoms with Gasteiger partial charge in [0.05, 0.1) is 11.9 Å². The fourth-order valence-electron chi connectivity index (χ4n) is 1.96. The van der Waals surface area contributed by atoms with E-state index < -0.39 is 11.7 Å². The van der Waals surface area contributed by atoms with Crippen molar-refractivity contribution in [2.75, 3.05) is 6.54 Å². The zero-order chi connectivity index (χ0) is 16.8. The van der Waals surface area contributed by atoms with Crippen LogP contribution in [0.3, 0.4) is 0 Å². The van der Waals surface area contributed by atoms with Crippen LogP contribution in [0, 0.1) is 5.82 Å². The lowest BCUT2D eigenvalue weighted by Crippen LogP contribution is -2.42. The van der Waals surface area contributed by atoms with E-state index in [2.05, 4.69) is 15.6 Å². The lowest BCUT2D eigenvalue weighted by atomic mass is 10.1. The van der Waals surface area contributed by atoms with Crippen LogP contribution in [0.1, 0.15) is 52.8 Å². The van der Waals surface area contributed by atoms with Crippen molar-refractivity contribution in [3.63, 3.8) is 0 Å². The van der Waals surface area contributed by atoms with Crippen LogP contribution in [0.25, 0.3) is 0 Å². The van der Waals surface area contributed by atoms with Gasteiger partial charge in [-0.25, -0.2) is 9.18 Å². The van der Waals surface area contributed by atoms with Crippen molar-refractivity contribution in [2.45, 2.75) is 58.7 Å². The van der Waals surface area contributed by atoms with Crippen molar-refractivity contribution >= 4 is 6.09 Å². The molecule has 0 saturated heterocycles. The van der Waals surface area contributed by atoms with E-state index in [1.165, 1.54) is 12.3 Å². The average molecular weight is 311 g/mol. The molecule has 0 aliphatic heterocycles. The Morgan fingerprint density at radius 3 is 2.59 bits per heavy atom. The number of amides is 1. The number of carbonyl (C=O) groups is 1. The lowest BCUT2D eigenvalue weighted by molar-refractivity contribution is 0.0522. The molecule has 22 heavy (non-hydrogen) atoms. The van der Waals surface area contributed by atoms with E-state index in [0.717, 1.165) is 12.1 Å². The fraction of sp³-hybridized carbons (Fsp3) is 0.625. The Labute approximate surface area is 131 Å². The first-order valence-corrected chi connectivity index (χ1v) is 7.55. The highest BCUT2D eigenvalue weighted by Gasteiger charge is 2.18. The summed E-state index contributed by atoms with van der Waals surface area (Å²) in [6, 6.07) is 3.11. The van der Waals surface area contributed by atoms with Crippen molar-refractivity contribution in [3.05, 3.63) is 29.8 Å². The van der Waals surface area contributed by atoms with E-state index in [4.69, 9.17) is 4.74 Å². The van der Waals surface area contributed by atoms with E-state index in [9.17, 15) is 9.18 Å². The number of alkyl carbamates (subject to hydrolysis) is 1. The van der Waals surface area contributed by atoms with E-state index >= 15 is 0 Å². The van der Waals surface area contributed by atoms with Gasteiger partial charge < -0.3 is 15.4 Å². The van der Waals surface area contributed by atoms with Gasteiger partial charge in [-0.2, -0.15) is 0 Å². The summed E-state index contributed by atoms with van der Waals surface area (Å²) in [5.41, 5.74) is 0.276. The monoisotopic (exact) mass is 311 g/mol. The molecule has 2 atom stereocenters. The Hall–Kier alpha value is -1.69. The van der Waals surface area contributed by atoms with Crippen molar-refractivity contribution in [2.24, 2.45) is 0 Å². The molecule has 124 valence electrons. The van der Waals surface area contributed by atoms with Gasteiger partial charge in [-0.3, -0.25) is 4.98 Å². The zero-order valence-electron chi connectivity index (χ0n) is 13.9. The van der Waals surface area contributed by atoms with Crippen LogP contribution in [-0.2, 0) is 4.74 Å². The van der Waals surface area contributed by atoms with E-state index in [-0.39, 0.29) is 17.9 Å². The SMILES string of the molecule is CCC(NC(C)CNC(=O)OC(C)(C)C)c1ccc(F)cn1. The smallest absolute Gasteiger partial charge is 0.407 e. The number of hydrogen-bond acceptors (Lipinski definition) is 4. The Morgan fingerprint density at radius 2 is 2.09 bits per heavy atom. The molecule has 6 heteroatoms. The van der Waals surface area contributed by atoms with Crippen molar-refractivity contribution in [1.29, 1.82) is 0 Å².